The van der Waals surface area contributed by atoms with Crippen molar-refractivity contribution < 1.29 is 28.2 Å². The summed E-state index contributed by atoms with van der Waals surface area (Å²) in [6, 6.07) is 14.9. The molecule has 0 aliphatic carbocycles. The van der Waals surface area contributed by atoms with Gasteiger partial charge in [0.25, 0.3) is 5.91 Å². The quantitative estimate of drug-likeness (QED) is 0.300. The summed E-state index contributed by atoms with van der Waals surface area (Å²) < 4.78 is 27.3. The van der Waals surface area contributed by atoms with Gasteiger partial charge in [-0.25, -0.2) is 18.7 Å². The fourth-order valence-electron chi connectivity index (χ4n) is 3.93. The molecule has 0 fully saturated rings. The number of hydrogen-bond donors (Lipinski definition) is 2. The second kappa shape index (κ2) is 11.9. The third-order valence-corrected chi connectivity index (χ3v) is 5.65. The predicted octanol–water partition coefficient (Wildman–Crippen LogP) is 4.92. The van der Waals surface area contributed by atoms with E-state index in [1.54, 1.807) is 76.4 Å². The summed E-state index contributed by atoms with van der Waals surface area (Å²) in [6.07, 6.45) is 0.928. The lowest BCUT2D eigenvalue weighted by Gasteiger charge is -2.19. The maximum absolute atomic E-state index is 15.6. The van der Waals surface area contributed by atoms with E-state index in [1.807, 2.05) is 0 Å². The fraction of sp³-hybridized carbons (Fsp3) is 0.276. The third-order valence-electron chi connectivity index (χ3n) is 5.65. The molecular weight excluding hydrogens is 517 g/mol. The number of esters is 1. The zero-order valence-electron chi connectivity index (χ0n) is 22.7. The molecule has 0 aliphatic rings. The number of amides is 2. The molecule has 2 aromatic heterocycles. The number of ether oxygens (including phenoxy) is 2. The van der Waals surface area contributed by atoms with Gasteiger partial charge >= 0.3 is 12.1 Å². The number of carbonyl (C=O) groups excluding carboxylic acids is 3. The summed E-state index contributed by atoms with van der Waals surface area (Å²) in [5.41, 5.74) is 0.970. The first-order valence-electron chi connectivity index (χ1n) is 12.7. The van der Waals surface area contributed by atoms with Gasteiger partial charge in [0.15, 0.2) is 11.5 Å². The average Bonchev–Trinajstić information content (AvgIpc) is 3.36. The van der Waals surface area contributed by atoms with Gasteiger partial charge in [0.05, 0.1) is 24.1 Å². The molecule has 2 aromatic carbocycles. The van der Waals surface area contributed by atoms with Crippen molar-refractivity contribution in [2.24, 2.45) is 0 Å². The Morgan fingerprint density at radius 2 is 1.75 bits per heavy atom. The number of halogens is 1. The Kier molecular flexibility index (Phi) is 8.42. The number of fused-ring (bicyclic) bond motifs is 1. The van der Waals surface area contributed by atoms with E-state index in [2.05, 4.69) is 20.7 Å². The van der Waals surface area contributed by atoms with Crippen molar-refractivity contribution in [2.45, 2.75) is 46.3 Å². The van der Waals surface area contributed by atoms with Gasteiger partial charge in [-0.3, -0.25) is 9.59 Å². The highest BCUT2D eigenvalue weighted by Gasteiger charge is 2.21. The van der Waals surface area contributed by atoms with Gasteiger partial charge in [0.2, 0.25) is 0 Å². The minimum absolute atomic E-state index is 0.0117. The number of aromatic nitrogens is 3. The summed E-state index contributed by atoms with van der Waals surface area (Å²) >= 11 is 0. The highest BCUT2D eigenvalue weighted by molar-refractivity contribution is 6.08. The smallest absolute Gasteiger partial charge is 0.407 e. The van der Waals surface area contributed by atoms with Crippen LogP contribution in [-0.4, -0.2) is 44.8 Å². The second-order valence-corrected chi connectivity index (χ2v) is 9.85. The van der Waals surface area contributed by atoms with Gasteiger partial charge < -0.3 is 20.1 Å². The Bertz CT molecular complexity index is 1560. The molecule has 0 radical (unpaired) electrons. The second-order valence-electron chi connectivity index (χ2n) is 9.85. The Morgan fingerprint density at radius 3 is 2.50 bits per heavy atom. The summed E-state index contributed by atoms with van der Waals surface area (Å²) in [5, 5.41) is 9.74. The van der Waals surface area contributed by atoms with Crippen LogP contribution in [0.25, 0.3) is 16.9 Å². The van der Waals surface area contributed by atoms with E-state index < -0.39 is 29.4 Å². The highest BCUT2D eigenvalue weighted by Crippen LogP contribution is 2.25. The lowest BCUT2D eigenvalue weighted by molar-refractivity contribution is -0.142. The van der Waals surface area contributed by atoms with E-state index in [4.69, 9.17) is 9.47 Å². The Labute approximate surface area is 230 Å². The van der Waals surface area contributed by atoms with Gasteiger partial charge in [-0.15, -0.1) is 5.10 Å². The Morgan fingerprint density at radius 1 is 1.00 bits per heavy atom. The van der Waals surface area contributed by atoms with E-state index in [9.17, 15) is 14.4 Å². The molecule has 10 nitrogen and oxygen atoms in total. The minimum Gasteiger partial charge on any atom is -0.466 e. The average molecular weight is 548 g/mol. The van der Waals surface area contributed by atoms with E-state index >= 15 is 4.39 Å². The van der Waals surface area contributed by atoms with Crippen LogP contribution >= 0.6 is 0 Å². The lowest BCUT2D eigenvalue weighted by Crippen LogP contribution is -2.32. The molecular formula is C29H30FN5O5. The van der Waals surface area contributed by atoms with Crippen LogP contribution in [0.15, 0.2) is 60.8 Å². The minimum atomic E-state index is -0.694. The maximum Gasteiger partial charge on any atom is 0.407 e. The Balaban J connectivity index is 1.63. The van der Waals surface area contributed by atoms with Crippen LogP contribution in [0.4, 0.5) is 14.9 Å². The summed E-state index contributed by atoms with van der Waals surface area (Å²) in [5.74, 6) is -1.65. The van der Waals surface area contributed by atoms with Crippen LogP contribution in [0.2, 0.25) is 0 Å². The van der Waals surface area contributed by atoms with E-state index in [-0.39, 0.29) is 42.2 Å². The number of benzene rings is 2. The molecule has 0 atom stereocenters. The molecule has 0 saturated heterocycles. The van der Waals surface area contributed by atoms with Crippen LogP contribution in [0.5, 0.6) is 0 Å². The van der Waals surface area contributed by atoms with Crippen LogP contribution < -0.4 is 10.6 Å². The predicted molar refractivity (Wildman–Crippen MR) is 146 cm³/mol. The molecule has 2 amide bonds. The first-order valence-corrected chi connectivity index (χ1v) is 12.7. The largest absolute Gasteiger partial charge is 0.466 e. The van der Waals surface area contributed by atoms with Crippen LogP contribution in [-0.2, 0) is 27.2 Å². The number of alkyl carbamates (subject to hydrolysis) is 1. The van der Waals surface area contributed by atoms with E-state index in [0.717, 1.165) is 0 Å². The summed E-state index contributed by atoms with van der Waals surface area (Å²) in [4.78, 5) is 41.9. The van der Waals surface area contributed by atoms with Gasteiger partial charge in [-0.2, -0.15) is 0 Å². The molecule has 208 valence electrons. The number of hydrogen-bond acceptors (Lipinski definition) is 7. The normalized spacial score (nSPS) is 11.2. The molecule has 11 heteroatoms. The number of anilines is 1. The number of nitrogens with zero attached hydrogens (tertiary/aromatic N) is 3. The Hall–Kier alpha value is -4.80. The molecule has 0 spiro atoms. The molecule has 2 heterocycles. The van der Waals surface area contributed by atoms with Crippen molar-refractivity contribution in [3.63, 3.8) is 0 Å². The molecule has 4 rings (SSSR count). The van der Waals surface area contributed by atoms with Crippen LogP contribution in [0.3, 0.4) is 0 Å². The highest BCUT2D eigenvalue weighted by atomic mass is 19.1. The van der Waals surface area contributed by atoms with Gasteiger partial charge in [0.1, 0.15) is 11.4 Å². The molecule has 0 aliphatic heterocycles. The van der Waals surface area contributed by atoms with E-state index in [1.165, 1.54) is 16.6 Å². The molecule has 40 heavy (non-hydrogen) atoms. The number of nitrogens with one attached hydrogen (secondary N) is 2. The molecule has 0 saturated carbocycles. The SMILES string of the molecule is CCOC(=O)Cc1ccccc1NC(=O)c1nc(-c2cccc(CNC(=O)OC(C)(C)C)c2F)nn2cccc12. The van der Waals surface area contributed by atoms with Crippen molar-refractivity contribution in [3.8, 4) is 11.4 Å². The molecule has 2 N–H and O–H groups in total. The topological polar surface area (TPSA) is 124 Å². The van der Waals surface area contributed by atoms with Crippen molar-refractivity contribution >= 4 is 29.2 Å². The van der Waals surface area contributed by atoms with Gasteiger partial charge in [-0.05, 0) is 57.5 Å². The number of rotatable bonds is 8. The third kappa shape index (κ3) is 6.79. The van der Waals surface area contributed by atoms with Gasteiger partial charge in [0, 0.05) is 24.0 Å². The first kappa shape index (κ1) is 28.2. The van der Waals surface area contributed by atoms with Crippen molar-refractivity contribution in [1.82, 2.24) is 19.9 Å². The summed E-state index contributed by atoms with van der Waals surface area (Å²) in [6.45, 7) is 7.04. The fourth-order valence-corrected chi connectivity index (χ4v) is 3.93. The monoisotopic (exact) mass is 547 g/mol. The molecule has 4 aromatic rings. The standard InChI is InChI=1S/C29H30FN5O5/c1-5-39-23(36)16-18-10-6-7-13-21(18)32-27(37)25-22-14-9-15-35(22)34-26(33-25)20-12-8-11-19(24(20)30)17-31-28(38)40-29(2,3)4/h6-15H,5,16-17H2,1-4H3,(H,31,38)(H,32,37). The van der Waals surface area contributed by atoms with Crippen LogP contribution in [0, 0.1) is 5.82 Å². The molecule has 0 bridgehead atoms. The number of para-hydroxylation sites is 1. The summed E-state index contributed by atoms with van der Waals surface area (Å²) in [7, 11) is 0. The van der Waals surface area contributed by atoms with Crippen molar-refractivity contribution in [2.75, 3.05) is 11.9 Å². The first-order chi connectivity index (χ1) is 19.1. The van der Waals surface area contributed by atoms with Crippen molar-refractivity contribution in [3.05, 3.63) is 83.4 Å². The lowest BCUT2D eigenvalue weighted by atomic mass is 10.1. The van der Waals surface area contributed by atoms with Gasteiger partial charge in [-0.1, -0.05) is 30.3 Å². The zero-order valence-corrected chi connectivity index (χ0v) is 22.7. The van der Waals surface area contributed by atoms with E-state index in [0.29, 0.717) is 16.8 Å². The van der Waals surface area contributed by atoms with Crippen molar-refractivity contribution in [1.29, 1.82) is 0 Å². The maximum atomic E-state index is 15.6. The van der Waals surface area contributed by atoms with Crippen LogP contribution in [0.1, 0.15) is 49.3 Å². The molecule has 0 unspecified atom stereocenters. The zero-order chi connectivity index (χ0) is 28.9. The number of carbonyl (C=O) groups is 3.